The van der Waals surface area contributed by atoms with Gasteiger partial charge in [-0.15, -0.1) is 0 Å². The standard InChI is InChI=1S/C20H18FNO3/c1-3-13(2)24-18-11-7-4-8-14(18)12-17-20(23)25-19(22-17)15-9-5-6-10-16(15)21/h4-13H,3H2,1-2H3/b17-12-. The summed E-state index contributed by atoms with van der Waals surface area (Å²) in [4.78, 5) is 16.2. The SMILES string of the molecule is CCC(C)Oc1ccccc1/C=C1\N=C(c2ccccc2F)OC1=O. The van der Waals surface area contributed by atoms with Gasteiger partial charge in [-0.05, 0) is 37.6 Å². The summed E-state index contributed by atoms with van der Waals surface area (Å²) in [6, 6.07) is 13.4. The molecule has 1 heterocycles. The Morgan fingerprint density at radius 3 is 2.68 bits per heavy atom. The van der Waals surface area contributed by atoms with E-state index in [1.54, 1.807) is 18.2 Å². The summed E-state index contributed by atoms with van der Waals surface area (Å²) in [7, 11) is 0. The summed E-state index contributed by atoms with van der Waals surface area (Å²) in [6.07, 6.45) is 2.50. The average Bonchev–Trinajstić information content (AvgIpc) is 2.97. The maximum Gasteiger partial charge on any atom is 0.363 e. The quantitative estimate of drug-likeness (QED) is 0.601. The van der Waals surface area contributed by atoms with Gasteiger partial charge in [0.15, 0.2) is 5.70 Å². The number of rotatable bonds is 5. The molecule has 1 unspecified atom stereocenters. The van der Waals surface area contributed by atoms with Gasteiger partial charge in [-0.1, -0.05) is 37.3 Å². The normalized spacial score (nSPS) is 16.5. The number of aliphatic imine (C=N–C) groups is 1. The van der Waals surface area contributed by atoms with Crippen molar-refractivity contribution in [1.29, 1.82) is 0 Å². The van der Waals surface area contributed by atoms with Crippen LogP contribution in [0.5, 0.6) is 5.75 Å². The van der Waals surface area contributed by atoms with Crippen LogP contribution in [0.15, 0.2) is 59.2 Å². The Bertz CT molecular complexity index is 858. The Morgan fingerprint density at radius 2 is 1.92 bits per heavy atom. The third-order valence-electron chi connectivity index (χ3n) is 3.84. The van der Waals surface area contributed by atoms with Gasteiger partial charge in [-0.2, -0.15) is 0 Å². The Morgan fingerprint density at radius 1 is 1.20 bits per heavy atom. The predicted octanol–water partition coefficient (Wildman–Crippen LogP) is 4.35. The van der Waals surface area contributed by atoms with Crippen molar-refractivity contribution in [3.8, 4) is 5.75 Å². The lowest BCUT2D eigenvalue weighted by Crippen LogP contribution is -2.10. The Hall–Kier alpha value is -2.95. The van der Waals surface area contributed by atoms with Crippen LogP contribution in [0.1, 0.15) is 31.4 Å². The highest BCUT2D eigenvalue weighted by Crippen LogP contribution is 2.26. The van der Waals surface area contributed by atoms with E-state index >= 15 is 0 Å². The third-order valence-corrected chi connectivity index (χ3v) is 3.84. The first kappa shape index (κ1) is 16.9. The molecular weight excluding hydrogens is 321 g/mol. The van der Waals surface area contributed by atoms with Gasteiger partial charge in [0.25, 0.3) is 0 Å². The van der Waals surface area contributed by atoms with E-state index in [9.17, 15) is 9.18 Å². The van der Waals surface area contributed by atoms with Crippen molar-refractivity contribution in [2.45, 2.75) is 26.4 Å². The molecule has 0 saturated carbocycles. The highest BCUT2D eigenvalue weighted by atomic mass is 19.1. The maximum absolute atomic E-state index is 13.9. The number of halogens is 1. The zero-order valence-electron chi connectivity index (χ0n) is 14.0. The number of hydrogen-bond donors (Lipinski definition) is 0. The zero-order valence-corrected chi connectivity index (χ0v) is 14.0. The number of hydrogen-bond acceptors (Lipinski definition) is 4. The molecule has 4 nitrogen and oxygen atoms in total. The molecule has 1 aliphatic heterocycles. The Kier molecular flexibility index (Phi) is 4.93. The maximum atomic E-state index is 13.9. The van der Waals surface area contributed by atoms with Gasteiger partial charge in [-0.3, -0.25) is 0 Å². The molecule has 0 radical (unpaired) electrons. The fourth-order valence-electron chi connectivity index (χ4n) is 2.31. The van der Waals surface area contributed by atoms with Gasteiger partial charge in [0.1, 0.15) is 11.6 Å². The molecular formula is C20H18FNO3. The van der Waals surface area contributed by atoms with Crippen molar-refractivity contribution in [3.63, 3.8) is 0 Å². The number of nitrogens with zero attached hydrogens (tertiary/aromatic N) is 1. The first-order valence-corrected chi connectivity index (χ1v) is 8.11. The number of para-hydroxylation sites is 1. The first-order chi connectivity index (χ1) is 12.1. The highest BCUT2D eigenvalue weighted by molar-refractivity contribution is 6.13. The summed E-state index contributed by atoms with van der Waals surface area (Å²) < 4.78 is 24.8. The molecule has 0 saturated heterocycles. The summed E-state index contributed by atoms with van der Waals surface area (Å²) in [5, 5.41) is 0. The fourth-order valence-corrected chi connectivity index (χ4v) is 2.31. The van der Waals surface area contributed by atoms with Crippen LogP contribution in [0.4, 0.5) is 4.39 Å². The molecule has 0 bridgehead atoms. The van der Waals surface area contributed by atoms with Crippen LogP contribution in [0.25, 0.3) is 6.08 Å². The smallest absolute Gasteiger partial charge is 0.363 e. The number of benzene rings is 2. The summed E-state index contributed by atoms with van der Waals surface area (Å²) in [6.45, 7) is 4.01. The van der Waals surface area contributed by atoms with Crippen LogP contribution in [-0.2, 0) is 9.53 Å². The van der Waals surface area contributed by atoms with Crippen LogP contribution < -0.4 is 4.74 Å². The van der Waals surface area contributed by atoms with Crippen molar-refractivity contribution in [2.24, 2.45) is 4.99 Å². The average molecular weight is 339 g/mol. The molecule has 25 heavy (non-hydrogen) atoms. The highest BCUT2D eigenvalue weighted by Gasteiger charge is 2.26. The largest absolute Gasteiger partial charge is 0.490 e. The molecule has 128 valence electrons. The molecule has 1 aliphatic rings. The second-order valence-corrected chi connectivity index (χ2v) is 5.69. The van der Waals surface area contributed by atoms with Gasteiger partial charge >= 0.3 is 5.97 Å². The Labute approximate surface area is 145 Å². The van der Waals surface area contributed by atoms with E-state index in [1.807, 2.05) is 38.1 Å². The molecule has 5 heteroatoms. The fraction of sp³-hybridized carbons (Fsp3) is 0.200. The molecule has 0 amide bonds. The van der Waals surface area contributed by atoms with Gasteiger partial charge < -0.3 is 9.47 Å². The molecule has 0 aromatic heterocycles. The topological polar surface area (TPSA) is 47.9 Å². The van der Waals surface area contributed by atoms with Gasteiger partial charge in [-0.25, -0.2) is 14.2 Å². The molecule has 2 aromatic carbocycles. The lowest BCUT2D eigenvalue weighted by molar-refractivity contribution is -0.129. The van der Waals surface area contributed by atoms with Gasteiger partial charge in [0.2, 0.25) is 5.90 Å². The van der Waals surface area contributed by atoms with E-state index in [0.29, 0.717) is 11.3 Å². The molecule has 0 fully saturated rings. The molecule has 3 rings (SSSR count). The van der Waals surface area contributed by atoms with E-state index in [1.165, 1.54) is 12.1 Å². The molecule has 0 aliphatic carbocycles. The summed E-state index contributed by atoms with van der Waals surface area (Å²) in [5.41, 5.74) is 0.982. The van der Waals surface area contributed by atoms with E-state index in [2.05, 4.69) is 4.99 Å². The monoisotopic (exact) mass is 339 g/mol. The minimum absolute atomic E-state index is 0.0327. The summed E-state index contributed by atoms with van der Waals surface area (Å²) >= 11 is 0. The Balaban J connectivity index is 1.94. The third kappa shape index (κ3) is 3.76. The zero-order chi connectivity index (χ0) is 17.8. The van der Waals surface area contributed by atoms with Crippen molar-refractivity contribution in [1.82, 2.24) is 0 Å². The first-order valence-electron chi connectivity index (χ1n) is 8.11. The lowest BCUT2D eigenvalue weighted by atomic mass is 10.1. The van der Waals surface area contributed by atoms with E-state index < -0.39 is 11.8 Å². The second-order valence-electron chi connectivity index (χ2n) is 5.69. The number of carbonyl (C=O) groups is 1. The van der Waals surface area contributed by atoms with Crippen molar-refractivity contribution >= 4 is 17.9 Å². The second kappa shape index (κ2) is 7.30. The van der Waals surface area contributed by atoms with Crippen molar-refractivity contribution < 1.29 is 18.7 Å². The van der Waals surface area contributed by atoms with E-state index in [0.717, 1.165) is 6.42 Å². The van der Waals surface area contributed by atoms with Crippen LogP contribution in [0.3, 0.4) is 0 Å². The van der Waals surface area contributed by atoms with Crippen molar-refractivity contribution in [3.05, 3.63) is 71.2 Å². The molecule has 2 aromatic rings. The number of cyclic esters (lactones) is 1. The van der Waals surface area contributed by atoms with Crippen molar-refractivity contribution in [2.75, 3.05) is 0 Å². The van der Waals surface area contributed by atoms with Crippen LogP contribution in [-0.4, -0.2) is 18.0 Å². The van der Waals surface area contributed by atoms with Crippen LogP contribution in [0, 0.1) is 5.82 Å². The minimum Gasteiger partial charge on any atom is -0.490 e. The molecule has 1 atom stereocenters. The number of ether oxygens (including phenoxy) is 2. The van der Waals surface area contributed by atoms with Crippen LogP contribution in [0.2, 0.25) is 0 Å². The summed E-state index contributed by atoms with van der Waals surface area (Å²) in [5.74, 6) is -0.478. The van der Waals surface area contributed by atoms with Crippen LogP contribution >= 0.6 is 0 Å². The van der Waals surface area contributed by atoms with E-state index in [-0.39, 0.29) is 23.3 Å². The predicted molar refractivity (Wildman–Crippen MR) is 93.8 cm³/mol. The molecule has 0 N–H and O–H groups in total. The van der Waals surface area contributed by atoms with Gasteiger partial charge in [0.05, 0.1) is 11.7 Å². The number of carbonyl (C=O) groups excluding carboxylic acids is 1. The van der Waals surface area contributed by atoms with Gasteiger partial charge in [0, 0.05) is 5.56 Å². The molecule has 0 spiro atoms. The van der Waals surface area contributed by atoms with E-state index in [4.69, 9.17) is 9.47 Å². The minimum atomic E-state index is -0.614. The lowest BCUT2D eigenvalue weighted by Gasteiger charge is -2.14. The number of esters is 1.